The largest absolute Gasteiger partial charge is 0.411 e. The molecule has 27 heavy (non-hydrogen) atoms. The highest BCUT2D eigenvalue weighted by Crippen LogP contribution is 2.26. The van der Waals surface area contributed by atoms with E-state index in [1.807, 2.05) is 12.1 Å². The Balaban J connectivity index is 1.52. The van der Waals surface area contributed by atoms with Crippen molar-refractivity contribution in [1.82, 2.24) is 10.2 Å². The van der Waals surface area contributed by atoms with Gasteiger partial charge in [0.05, 0.1) is 4.92 Å². The van der Waals surface area contributed by atoms with Gasteiger partial charge in [-0.3, -0.25) is 14.9 Å². The summed E-state index contributed by atoms with van der Waals surface area (Å²) in [5.41, 5.74) is 1.14. The standard InChI is InChI=1S/C17H13BrN4O4S/c18-12-4-6-13(7-5-12)19-15(23)8-9-27-17-21-20-16(26-17)11-2-1-3-14(10-11)22(24)25/h1-7,10H,8-9H2,(H,19,23). The van der Waals surface area contributed by atoms with E-state index < -0.39 is 4.92 Å². The smallest absolute Gasteiger partial charge is 0.276 e. The molecule has 0 aliphatic carbocycles. The molecule has 3 rings (SSSR count). The Morgan fingerprint density at radius 2 is 2.00 bits per heavy atom. The van der Waals surface area contributed by atoms with E-state index >= 15 is 0 Å². The zero-order valence-corrected chi connectivity index (χ0v) is 16.2. The average Bonchev–Trinajstić information content (AvgIpc) is 3.13. The molecule has 0 fully saturated rings. The van der Waals surface area contributed by atoms with Crippen molar-refractivity contribution in [2.45, 2.75) is 11.6 Å². The number of carbonyl (C=O) groups is 1. The van der Waals surface area contributed by atoms with Crippen LogP contribution in [0.1, 0.15) is 6.42 Å². The number of anilines is 1. The van der Waals surface area contributed by atoms with Crippen molar-refractivity contribution in [3.05, 3.63) is 63.1 Å². The molecule has 1 amide bonds. The first-order chi connectivity index (χ1) is 13.0. The van der Waals surface area contributed by atoms with E-state index in [4.69, 9.17) is 4.42 Å². The Morgan fingerprint density at radius 1 is 1.22 bits per heavy atom. The van der Waals surface area contributed by atoms with Crippen molar-refractivity contribution >= 4 is 45.0 Å². The van der Waals surface area contributed by atoms with Crippen LogP contribution in [0.2, 0.25) is 0 Å². The van der Waals surface area contributed by atoms with Gasteiger partial charge in [0.25, 0.3) is 10.9 Å². The maximum atomic E-state index is 11.9. The molecule has 0 spiro atoms. The molecule has 0 radical (unpaired) electrons. The van der Waals surface area contributed by atoms with Crippen LogP contribution >= 0.6 is 27.7 Å². The predicted octanol–water partition coefficient (Wildman–Crippen LogP) is 4.53. The maximum Gasteiger partial charge on any atom is 0.276 e. The second-order valence-electron chi connectivity index (χ2n) is 5.33. The summed E-state index contributed by atoms with van der Waals surface area (Å²) in [6.07, 6.45) is 0.273. The highest BCUT2D eigenvalue weighted by molar-refractivity contribution is 9.10. The van der Waals surface area contributed by atoms with Gasteiger partial charge in [0.15, 0.2) is 0 Å². The minimum absolute atomic E-state index is 0.0514. The van der Waals surface area contributed by atoms with E-state index in [1.54, 1.807) is 24.3 Å². The van der Waals surface area contributed by atoms with Gasteiger partial charge in [0, 0.05) is 40.0 Å². The van der Waals surface area contributed by atoms with Crippen LogP contribution in [0.15, 0.2) is 62.6 Å². The molecular formula is C17H13BrN4O4S. The highest BCUT2D eigenvalue weighted by atomic mass is 79.9. The first kappa shape index (κ1) is 19.1. The number of nitro benzene ring substituents is 1. The normalized spacial score (nSPS) is 10.6. The number of halogens is 1. The van der Waals surface area contributed by atoms with E-state index in [9.17, 15) is 14.9 Å². The Bertz CT molecular complexity index is 962. The van der Waals surface area contributed by atoms with Crippen LogP contribution in [0, 0.1) is 10.1 Å². The highest BCUT2D eigenvalue weighted by Gasteiger charge is 2.13. The lowest BCUT2D eigenvalue weighted by Gasteiger charge is -2.04. The number of amides is 1. The van der Waals surface area contributed by atoms with Crippen molar-refractivity contribution in [1.29, 1.82) is 0 Å². The summed E-state index contributed by atoms with van der Waals surface area (Å²) in [6.45, 7) is 0. The number of hydrogen-bond donors (Lipinski definition) is 1. The molecule has 10 heteroatoms. The number of aromatic nitrogens is 2. The van der Waals surface area contributed by atoms with Crippen LogP contribution in [0.25, 0.3) is 11.5 Å². The zero-order chi connectivity index (χ0) is 19.2. The van der Waals surface area contributed by atoms with Crippen LogP contribution < -0.4 is 5.32 Å². The van der Waals surface area contributed by atoms with E-state index in [0.717, 1.165) is 10.2 Å². The van der Waals surface area contributed by atoms with E-state index in [-0.39, 0.29) is 23.9 Å². The van der Waals surface area contributed by atoms with Gasteiger partial charge in [0.2, 0.25) is 11.8 Å². The average molecular weight is 449 g/mol. The fourth-order valence-corrected chi connectivity index (χ4v) is 3.09. The topological polar surface area (TPSA) is 111 Å². The minimum Gasteiger partial charge on any atom is -0.411 e. The molecule has 0 bridgehead atoms. The summed E-state index contributed by atoms with van der Waals surface area (Å²) < 4.78 is 6.44. The number of nitro groups is 1. The van der Waals surface area contributed by atoms with Crippen molar-refractivity contribution in [2.24, 2.45) is 0 Å². The minimum atomic E-state index is -0.487. The second kappa shape index (κ2) is 8.78. The van der Waals surface area contributed by atoms with Gasteiger partial charge in [0.1, 0.15) is 0 Å². The van der Waals surface area contributed by atoms with Crippen molar-refractivity contribution in [3.63, 3.8) is 0 Å². The number of rotatable bonds is 7. The SMILES string of the molecule is O=C(CCSc1nnc(-c2cccc([N+](=O)[O-])c2)o1)Nc1ccc(Br)cc1. The molecule has 1 aromatic heterocycles. The van der Waals surface area contributed by atoms with Gasteiger partial charge in [-0.15, -0.1) is 10.2 Å². The Labute approximate surface area is 166 Å². The lowest BCUT2D eigenvalue weighted by Crippen LogP contribution is -2.11. The van der Waals surface area contributed by atoms with Crippen LogP contribution in [0.4, 0.5) is 11.4 Å². The Kier molecular flexibility index (Phi) is 6.20. The summed E-state index contributed by atoms with van der Waals surface area (Å²) in [6, 6.07) is 13.3. The molecule has 1 heterocycles. The third kappa shape index (κ3) is 5.38. The van der Waals surface area contributed by atoms with E-state index in [2.05, 4.69) is 31.4 Å². The monoisotopic (exact) mass is 448 g/mol. The van der Waals surface area contributed by atoms with Crippen molar-refractivity contribution in [3.8, 4) is 11.5 Å². The van der Waals surface area contributed by atoms with Crippen molar-refractivity contribution < 1.29 is 14.1 Å². The summed E-state index contributed by atoms with van der Waals surface area (Å²) in [5, 5.41) is 21.7. The van der Waals surface area contributed by atoms with Gasteiger partial charge >= 0.3 is 0 Å². The Hall–Kier alpha value is -2.72. The predicted molar refractivity (Wildman–Crippen MR) is 105 cm³/mol. The molecule has 2 aromatic carbocycles. The van der Waals surface area contributed by atoms with Crippen LogP contribution in [0.3, 0.4) is 0 Å². The van der Waals surface area contributed by atoms with Crippen LogP contribution in [-0.4, -0.2) is 26.8 Å². The number of benzene rings is 2. The molecular weight excluding hydrogens is 436 g/mol. The zero-order valence-electron chi connectivity index (χ0n) is 13.8. The van der Waals surface area contributed by atoms with Gasteiger partial charge in [-0.2, -0.15) is 0 Å². The molecule has 0 saturated heterocycles. The van der Waals surface area contributed by atoms with Gasteiger partial charge in [-0.25, -0.2) is 0 Å². The van der Waals surface area contributed by atoms with Crippen LogP contribution in [-0.2, 0) is 4.79 Å². The molecule has 1 N–H and O–H groups in total. The summed E-state index contributed by atoms with van der Waals surface area (Å²) in [4.78, 5) is 22.3. The third-order valence-electron chi connectivity index (χ3n) is 3.39. The first-order valence-electron chi connectivity index (χ1n) is 7.78. The molecule has 0 aliphatic heterocycles. The fourth-order valence-electron chi connectivity index (χ4n) is 2.13. The molecule has 0 atom stereocenters. The lowest BCUT2D eigenvalue weighted by atomic mass is 10.2. The number of carbonyl (C=O) groups excluding carboxylic acids is 1. The third-order valence-corrected chi connectivity index (χ3v) is 4.74. The molecule has 8 nitrogen and oxygen atoms in total. The fraction of sp³-hybridized carbons (Fsp3) is 0.118. The van der Waals surface area contributed by atoms with E-state index in [0.29, 0.717) is 16.5 Å². The van der Waals surface area contributed by atoms with Gasteiger partial charge < -0.3 is 9.73 Å². The molecule has 0 aliphatic rings. The van der Waals surface area contributed by atoms with Gasteiger partial charge in [-0.05, 0) is 30.3 Å². The number of nitrogens with zero attached hydrogens (tertiary/aromatic N) is 3. The van der Waals surface area contributed by atoms with Gasteiger partial charge in [-0.1, -0.05) is 33.8 Å². The van der Waals surface area contributed by atoms with E-state index in [1.165, 1.54) is 23.9 Å². The second-order valence-corrected chi connectivity index (χ2v) is 7.30. The molecule has 0 saturated carbocycles. The molecule has 0 unspecified atom stereocenters. The summed E-state index contributed by atoms with van der Waals surface area (Å²) in [7, 11) is 0. The number of non-ortho nitro benzene ring substituents is 1. The number of thioether (sulfide) groups is 1. The lowest BCUT2D eigenvalue weighted by molar-refractivity contribution is -0.384. The first-order valence-corrected chi connectivity index (χ1v) is 9.56. The number of nitrogens with one attached hydrogen (secondary N) is 1. The number of hydrogen-bond acceptors (Lipinski definition) is 7. The quantitative estimate of drug-likeness (QED) is 0.321. The summed E-state index contributed by atoms with van der Waals surface area (Å²) >= 11 is 4.58. The maximum absolute atomic E-state index is 11.9. The van der Waals surface area contributed by atoms with Crippen LogP contribution in [0.5, 0.6) is 0 Å². The summed E-state index contributed by atoms with van der Waals surface area (Å²) in [5.74, 6) is 0.530. The van der Waals surface area contributed by atoms with Crippen molar-refractivity contribution in [2.75, 3.05) is 11.1 Å². The Morgan fingerprint density at radius 3 is 2.74 bits per heavy atom. The molecule has 3 aromatic rings. The molecule has 138 valence electrons.